The molecule has 6 heteroatoms. The van der Waals surface area contributed by atoms with Crippen molar-refractivity contribution in [3.63, 3.8) is 0 Å². The first-order valence-corrected chi connectivity index (χ1v) is 21.9. The molecule has 0 spiro atoms. The van der Waals surface area contributed by atoms with Crippen molar-refractivity contribution in [2.24, 2.45) is 0 Å². The minimum atomic E-state index is -1.96. The van der Waals surface area contributed by atoms with Crippen LogP contribution in [0.2, 0.25) is 10.9 Å². The summed E-state index contributed by atoms with van der Waals surface area (Å²) in [6, 6.07) is 0. The summed E-state index contributed by atoms with van der Waals surface area (Å²) in [4.78, 5) is 0. The number of hydrogen-bond acceptors (Lipinski definition) is 3. The predicted octanol–water partition coefficient (Wildman–Crippen LogP) is 3.18. The molecule has 1 saturated heterocycles. The average Bonchev–Trinajstić information content (AvgIpc) is 2.08. The van der Waals surface area contributed by atoms with Crippen LogP contribution in [0, 0.1) is 0 Å². The molecule has 3 nitrogen and oxygen atoms in total. The van der Waals surface area contributed by atoms with E-state index < -0.39 is 67.9 Å². The zero-order chi connectivity index (χ0) is 11.9. The van der Waals surface area contributed by atoms with E-state index in [1.54, 1.807) is 0 Å². The molecule has 0 N–H and O–H groups in total. The first-order chi connectivity index (χ1) is 8.90. The van der Waals surface area contributed by atoms with E-state index in [2.05, 4.69) is 0 Å². The molecule has 18 heavy (non-hydrogen) atoms. The Morgan fingerprint density at radius 1 is 0.500 bits per heavy atom. The molecule has 0 unspecified atom stereocenters. The maximum absolute atomic E-state index is 6.56. The first kappa shape index (κ1) is 14.1. The van der Waals surface area contributed by atoms with Crippen LogP contribution in [-0.4, -0.2) is 67.9 Å². The Labute approximate surface area is 137 Å². The van der Waals surface area contributed by atoms with E-state index in [0.717, 1.165) is 10.9 Å². The summed E-state index contributed by atoms with van der Waals surface area (Å²) in [6.07, 6.45) is 12.9. The summed E-state index contributed by atoms with van der Waals surface area (Å²) in [5.74, 6) is 0. The van der Waals surface area contributed by atoms with E-state index in [-0.39, 0.29) is 0 Å². The quantitative estimate of drug-likeness (QED) is 0.410. The summed E-state index contributed by atoms with van der Waals surface area (Å²) in [5.41, 5.74) is 0. The molecule has 4 rings (SSSR count). The van der Waals surface area contributed by atoms with Crippen LogP contribution in [0.4, 0.5) is 0 Å². The van der Waals surface area contributed by atoms with Gasteiger partial charge in [-0.1, -0.05) is 0 Å². The van der Waals surface area contributed by atoms with Gasteiger partial charge in [0.05, 0.1) is 0 Å². The van der Waals surface area contributed by atoms with Gasteiger partial charge in [-0.05, 0) is 0 Å². The third kappa shape index (κ3) is 2.87. The van der Waals surface area contributed by atoms with E-state index in [0.29, 0.717) is 0 Å². The Morgan fingerprint density at radius 2 is 0.778 bits per heavy atom. The Bertz CT molecular complexity index is 251. The van der Waals surface area contributed by atoms with Crippen molar-refractivity contribution in [2.45, 2.75) is 68.7 Å². The summed E-state index contributed by atoms with van der Waals surface area (Å²) in [6.45, 7) is 0. The number of rotatable bonds is 3. The molecule has 0 aromatic heterocycles. The Morgan fingerprint density at radius 3 is 0.944 bits per heavy atom. The van der Waals surface area contributed by atoms with Crippen LogP contribution in [0.5, 0.6) is 0 Å². The fourth-order valence-corrected chi connectivity index (χ4v) is 90.3. The molecule has 4 aliphatic rings. The van der Waals surface area contributed by atoms with Gasteiger partial charge in [0.15, 0.2) is 0 Å². The van der Waals surface area contributed by atoms with Crippen LogP contribution in [-0.2, 0) is 2.67 Å². The maximum atomic E-state index is 6.56. The van der Waals surface area contributed by atoms with Gasteiger partial charge in [-0.2, -0.15) is 0 Å². The summed E-state index contributed by atoms with van der Waals surface area (Å²) in [7, 11) is 0. The minimum absolute atomic E-state index is 0.944. The third-order valence-corrected chi connectivity index (χ3v) is 54.3. The van der Waals surface area contributed by atoms with Crippen LogP contribution in [0.25, 0.3) is 0 Å². The second-order valence-electron chi connectivity index (χ2n) is 5.86. The van der Waals surface area contributed by atoms with Gasteiger partial charge < -0.3 is 0 Å². The summed E-state index contributed by atoms with van der Waals surface area (Å²) in [5, 5.41) is 0. The van der Waals surface area contributed by atoms with E-state index in [1.165, 1.54) is 57.8 Å². The van der Waals surface area contributed by atoms with E-state index in [1.807, 2.05) is 0 Å². The van der Waals surface area contributed by atoms with Crippen molar-refractivity contribution in [2.75, 3.05) is 0 Å². The van der Waals surface area contributed by atoms with Gasteiger partial charge in [0.2, 0.25) is 0 Å². The molecule has 3 saturated carbocycles. The normalized spacial score (nSPS) is 34.0. The van der Waals surface area contributed by atoms with Crippen LogP contribution in [0.3, 0.4) is 0 Å². The molecule has 102 valence electrons. The molecule has 1 aliphatic heterocycles. The predicted molar refractivity (Wildman–Crippen MR) is 73.3 cm³/mol. The van der Waals surface area contributed by atoms with Crippen molar-refractivity contribution in [3.8, 4) is 0 Å². The SMILES string of the molecule is C1C[CH]([Bi]2[O][Bi]([CH]3CCC3)[O][Bi]([CH]3CCC3)[O]2)C1. The first-order valence-electron chi connectivity index (χ1n) is 7.32. The Hall–Kier alpha value is 2.53. The van der Waals surface area contributed by atoms with Gasteiger partial charge in [0.25, 0.3) is 0 Å². The second kappa shape index (κ2) is 6.34. The second-order valence-corrected chi connectivity index (χ2v) is 39.6. The molecular formula is C12H21Bi3O3. The van der Waals surface area contributed by atoms with E-state index in [4.69, 9.17) is 2.67 Å². The molecule has 0 atom stereocenters. The Balaban J connectivity index is 1.43. The molecule has 0 radical (unpaired) electrons. The van der Waals surface area contributed by atoms with Crippen LogP contribution >= 0.6 is 0 Å². The molecule has 0 aromatic rings. The molecule has 4 fully saturated rings. The zero-order valence-electron chi connectivity index (χ0n) is 10.7. The van der Waals surface area contributed by atoms with Gasteiger partial charge >= 0.3 is 139 Å². The van der Waals surface area contributed by atoms with Crippen LogP contribution in [0.15, 0.2) is 0 Å². The molecule has 0 bridgehead atoms. The monoisotopic (exact) mass is 840 g/mol. The summed E-state index contributed by atoms with van der Waals surface area (Å²) < 4.78 is 22.5. The fraction of sp³-hybridized carbons (Fsp3) is 1.00. The zero-order valence-corrected chi connectivity index (χ0v) is 21.1. The van der Waals surface area contributed by atoms with Gasteiger partial charge in [-0.3, -0.25) is 0 Å². The van der Waals surface area contributed by atoms with Crippen molar-refractivity contribution < 1.29 is 2.67 Å². The third-order valence-electron chi connectivity index (χ3n) is 4.60. The standard InChI is InChI=1S/3C4H7.3Bi.3O/c3*1-2-4-3-1;;;;;;/h3*1H,2-4H2;;;;;;. The van der Waals surface area contributed by atoms with Gasteiger partial charge in [-0.15, -0.1) is 0 Å². The topological polar surface area (TPSA) is 27.7 Å². The fourth-order valence-electron chi connectivity index (χ4n) is 2.48. The summed E-state index contributed by atoms with van der Waals surface area (Å²) >= 11 is -5.87. The van der Waals surface area contributed by atoms with Crippen molar-refractivity contribution in [3.05, 3.63) is 0 Å². The van der Waals surface area contributed by atoms with Crippen molar-refractivity contribution >= 4 is 67.9 Å². The molecule has 1 heterocycles. The average molecular weight is 840 g/mol. The van der Waals surface area contributed by atoms with Crippen LogP contribution in [0.1, 0.15) is 57.8 Å². The van der Waals surface area contributed by atoms with Gasteiger partial charge in [-0.25, -0.2) is 0 Å². The van der Waals surface area contributed by atoms with E-state index >= 15 is 0 Å². The molecule has 3 aliphatic carbocycles. The van der Waals surface area contributed by atoms with Crippen LogP contribution < -0.4 is 0 Å². The van der Waals surface area contributed by atoms with Crippen molar-refractivity contribution in [1.29, 1.82) is 0 Å². The van der Waals surface area contributed by atoms with Crippen molar-refractivity contribution in [1.82, 2.24) is 0 Å². The Kier molecular flexibility index (Phi) is 4.98. The molecule has 0 aromatic carbocycles. The number of hydrogen-bond donors (Lipinski definition) is 0. The van der Waals surface area contributed by atoms with Gasteiger partial charge in [0.1, 0.15) is 0 Å². The molecular weight excluding hydrogens is 819 g/mol. The van der Waals surface area contributed by atoms with Gasteiger partial charge in [0, 0.05) is 0 Å². The molecule has 0 amide bonds. The van der Waals surface area contributed by atoms with E-state index in [9.17, 15) is 0 Å².